The summed E-state index contributed by atoms with van der Waals surface area (Å²) in [5, 5.41) is 4.69. The number of hydrogen-bond donors (Lipinski definition) is 1. The largest absolute Gasteiger partial charge is 0.348 e. The lowest BCUT2D eigenvalue weighted by Gasteiger charge is -2.21. The van der Waals surface area contributed by atoms with E-state index in [0.29, 0.717) is 28.2 Å². The zero-order valence-electron chi connectivity index (χ0n) is 16.7. The van der Waals surface area contributed by atoms with E-state index in [1.165, 1.54) is 11.3 Å². The minimum atomic E-state index is -0.163. The Morgan fingerprint density at radius 2 is 1.87 bits per heavy atom. The first-order valence-electron chi connectivity index (χ1n) is 9.72. The summed E-state index contributed by atoms with van der Waals surface area (Å²) in [4.78, 5) is 24.3. The van der Waals surface area contributed by atoms with Crippen molar-refractivity contribution in [3.8, 4) is 0 Å². The maximum absolute atomic E-state index is 13.3. The zero-order chi connectivity index (χ0) is 21.1. The quantitative estimate of drug-likeness (QED) is 0.391. The molecular weight excluding hydrogens is 416 g/mol. The molecule has 0 radical (unpaired) electrons. The highest BCUT2D eigenvalue weighted by Crippen LogP contribution is 2.36. The van der Waals surface area contributed by atoms with Gasteiger partial charge in [0.25, 0.3) is 5.91 Å². The van der Waals surface area contributed by atoms with Crippen LogP contribution in [0.2, 0.25) is 5.02 Å². The first-order chi connectivity index (χ1) is 14.6. The molecule has 4 rings (SSSR count). The Morgan fingerprint density at radius 3 is 2.60 bits per heavy atom. The van der Waals surface area contributed by atoms with E-state index >= 15 is 0 Å². The maximum atomic E-state index is 13.3. The standard InChI is InChI=1S/C23H21ClN4OS/c1-3-28(22(29)21-20(24)17-11-7-8-12-18(17)30-21)19-13-14-25-23(27-19)26-15(2)16-9-5-4-6-10-16/h4-15H,3H2,1-2H3,(H,25,26,27)/t15-/m1/s1. The Hall–Kier alpha value is -2.96. The van der Waals surface area contributed by atoms with Gasteiger partial charge in [0.15, 0.2) is 0 Å². The Kier molecular flexibility index (Phi) is 5.97. The molecule has 0 unspecified atom stereocenters. The van der Waals surface area contributed by atoms with E-state index in [9.17, 15) is 4.79 Å². The Morgan fingerprint density at radius 1 is 1.13 bits per heavy atom. The van der Waals surface area contributed by atoms with E-state index in [4.69, 9.17) is 11.6 Å². The van der Waals surface area contributed by atoms with Crippen LogP contribution in [0.15, 0.2) is 66.9 Å². The molecule has 0 aliphatic rings. The van der Waals surface area contributed by atoms with Crippen LogP contribution >= 0.6 is 22.9 Å². The fraction of sp³-hybridized carbons (Fsp3) is 0.174. The fourth-order valence-electron chi connectivity index (χ4n) is 3.27. The number of carbonyl (C=O) groups is 1. The van der Waals surface area contributed by atoms with Crippen LogP contribution in [-0.2, 0) is 0 Å². The molecule has 7 heteroatoms. The van der Waals surface area contributed by atoms with Crippen molar-refractivity contribution in [3.05, 3.63) is 82.3 Å². The van der Waals surface area contributed by atoms with Gasteiger partial charge in [-0.1, -0.05) is 60.1 Å². The van der Waals surface area contributed by atoms with Crippen molar-refractivity contribution < 1.29 is 4.79 Å². The number of rotatable bonds is 6. The smallest absolute Gasteiger partial charge is 0.271 e. The number of carbonyl (C=O) groups excluding carboxylic acids is 1. The highest BCUT2D eigenvalue weighted by molar-refractivity contribution is 7.21. The zero-order valence-corrected chi connectivity index (χ0v) is 18.2. The minimum absolute atomic E-state index is 0.0317. The van der Waals surface area contributed by atoms with Crippen molar-refractivity contribution in [2.45, 2.75) is 19.9 Å². The van der Waals surface area contributed by atoms with Gasteiger partial charge in [-0.3, -0.25) is 9.69 Å². The minimum Gasteiger partial charge on any atom is -0.348 e. The molecule has 0 fully saturated rings. The summed E-state index contributed by atoms with van der Waals surface area (Å²) in [6, 6.07) is 19.6. The summed E-state index contributed by atoms with van der Waals surface area (Å²) in [6.07, 6.45) is 1.66. The van der Waals surface area contributed by atoms with Crippen molar-refractivity contribution in [1.82, 2.24) is 9.97 Å². The van der Waals surface area contributed by atoms with Gasteiger partial charge in [0, 0.05) is 22.8 Å². The van der Waals surface area contributed by atoms with Gasteiger partial charge < -0.3 is 5.32 Å². The van der Waals surface area contributed by atoms with Crippen LogP contribution in [0.3, 0.4) is 0 Å². The van der Waals surface area contributed by atoms with Crippen molar-refractivity contribution in [2.24, 2.45) is 0 Å². The molecule has 0 saturated carbocycles. The molecular formula is C23H21ClN4OS. The Bertz CT molecular complexity index is 1180. The van der Waals surface area contributed by atoms with Gasteiger partial charge in [-0.2, -0.15) is 4.98 Å². The molecule has 0 spiro atoms. The average Bonchev–Trinajstić information content (AvgIpc) is 3.12. The lowest BCUT2D eigenvalue weighted by atomic mass is 10.1. The van der Waals surface area contributed by atoms with Crippen molar-refractivity contribution in [2.75, 3.05) is 16.8 Å². The lowest BCUT2D eigenvalue weighted by Crippen LogP contribution is -2.31. The number of fused-ring (bicyclic) bond motifs is 1. The topological polar surface area (TPSA) is 58.1 Å². The SMILES string of the molecule is CCN(C(=O)c1sc2ccccc2c1Cl)c1ccnc(N[C@H](C)c2ccccc2)n1. The molecule has 2 aromatic carbocycles. The number of aromatic nitrogens is 2. The van der Waals surface area contributed by atoms with Gasteiger partial charge in [0.2, 0.25) is 5.95 Å². The van der Waals surface area contributed by atoms with E-state index in [-0.39, 0.29) is 11.9 Å². The van der Waals surface area contributed by atoms with Crippen LogP contribution in [-0.4, -0.2) is 22.4 Å². The summed E-state index contributed by atoms with van der Waals surface area (Å²) >= 11 is 7.93. The van der Waals surface area contributed by atoms with Gasteiger partial charge in [-0.25, -0.2) is 4.98 Å². The number of benzene rings is 2. The molecule has 2 heterocycles. The molecule has 5 nitrogen and oxygen atoms in total. The van der Waals surface area contributed by atoms with E-state index in [1.54, 1.807) is 17.2 Å². The normalized spacial score (nSPS) is 12.0. The van der Waals surface area contributed by atoms with Crippen LogP contribution in [0.25, 0.3) is 10.1 Å². The Balaban J connectivity index is 1.60. The van der Waals surface area contributed by atoms with Gasteiger partial charge in [-0.05, 0) is 31.5 Å². The predicted octanol–water partition coefficient (Wildman–Crippen LogP) is 6.18. The van der Waals surface area contributed by atoms with Crippen LogP contribution in [0.4, 0.5) is 11.8 Å². The van der Waals surface area contributed by atoms with Crippen LogP contribution in [0, 0.1) is 0 Å². The second kappa shape index (κ2) is 8.81. The third kappa shape index (κ3) is 4.01. The summed E-state index contributed by atoms with van der Waals surface area (Å²) in [5.41, 5.74) is 1.13. The van der Waals surface area contributed by atoms with Crippen LogP contribution < -0.4 is 10.2 Å². The highest BCUT2D eigenvalue weighted by Gasteiger charge is 2.24. The molecule has 1 N–H and O–H groups in total. The summed E-state index contributed by atoms with van der Waals surface area (Å²) in [7, 11) is 0. The molecule has 0 aliphatic heterocycles. The Labute approximate surface area is 184 Å². The first-order valence-corrected chi connectivity index (χ1v) is 10.9. The van der Waals surface area contributed by atoms with E-state index in [0.717, 1.165) is 15.6 Å². The predicted molar refractivity (Wildman–Crippen MR) is 125 cm³/mol. The third-order valence-electron chi connectivity index (χ3n) is 4.85. The van der Waals surface area contributed by atoms with Gasteiger partial charge in [0.1, 0.15) is 10.7 Å². The molecule has 0 saturated heterocycles. The highest BCUT2D eigenvalue weighted by atomic mass is 35.5. The van der Waals surface area contributed by atoms with Crippen molar-refractivity contribution in [1.29, 1.82) is 0 Å². The summed E-state index contributed by atoms with van der Waals surface area (Å²) in [5.74, 6) is 0.843. The molecule has 4 aromatic rings. The average molecular weight is 437 g/mol. The maximum Gasteiger partial charge on any atom is 0.271 e. The molecule has 0 aliphatic carbocycles. The molecule has 1 amide bonds. The fourth-order valence-corrected chi connectivity index (χ4v) is 4.73. The third-order valence-corrected chi connectivity index (χ3v) is 6.52. The number of thiophene rings is 1. The molecule has 0 bridgehead atoms. The van der Waals surface area contributed by atoms with Crippen LogP contribution in [0.1, 0.15) is 35.1 Å². The van der Waals surface area contributed by atoms with Crippen LogP contribution in [0.5, 0.6) is 0 Å². The molecule has 30 heavy (non-hydrogen) atoms. The van der Waals surface area contributed by atoms with Crippen molar-refractivity contribution in [3.63, 3.8) is 0 Å². The summed E-state index contributed by atoms with van der Waals surface area (Å²) < 4.78 is 0.989. The molecule has 2 aromatic heterocycles. The van der Waals surface area contributed by atoms with E-state index < -0.39 is 0 Å². The van der Waals surface area contributed by atoms with Gasteiger partial charge in [-0.15, -0.1) is 11.3 Å². The number of nitrogens with zero attached hydrogens (tertiary/aromatic N) is 3. The molecule has 152 valence electrons. The number of amides is 1. The summed E-state index contributed by atoms with van der Waals surface area (Å²) in [6.45, 7) is 4.43. The monoisotopic (exact) mass is 436 g/mol. The van der Waals surface area contributed by atoms with Gasteiger partial charge >= 0.3 is 0 Å². The van der Waals surface area contributed by atoms with E-state index in [2.05, 4.69) is 15.3 Å². The number of anilines is 2. The van der Waals surface area contributed by atoms with E-state index in [1.807, 2.05) is 68.4 Å². The lowest BCUT2D eigenvalue weighted by molar-refractivity contribution is 0.0991. The molecule has 1 atom stereocenters. The van der Waals surface area contributed by atoms with Gasteiger partial charge in [0.05, 0.1) is 11.1 Å². The second-order valence-corrected chi connectivity index (χ2v) is 8.24. The number of halogens is 1. The number of nitrogens with one attached hydrogen (secondary N) is 1. The second-order valence-electron chi connectivity index (χ2n) is 6.81. The van der Waals surface area contributed by atoms with Crippen molar-refractivity contribution >= 4 is 50.7 Å². The number of hydrogen-bond acceptors (Lipinski definition) is 5. The first kappa shape index (κ1) is 20.3.